The average molecular weight is 225 g/mol. The molecular weight excluding hydrogens is 212 g/mol. The SMILES string of the molecule is CC(=O)NCC=Cc1ccc(C)nc1Cl. The lowest BCUT2D eigenvalue weighted by atomic mass is 10.2. The Balaban J connectivity index is 2.60. The van der Waals surface area contributed by atoms with Gasteiger partial charge in [0.05, 0.1) is 0 Å². The van der Waals surface area contributed by atoms with Gasteiger partial charge in [0.15, 0.2) is 0 Å². The van der Waals surface area contributed by atoms with Crippen LogP contribution in [0.5, 0.6) is 0 Å². The number of halogens is 1. The molecule has 1 amide bonds. The predicted octanol–water partition coefficient (Wildman–Crippen LogP) is 2.19. The fraction of sp³-hybridized carbons (Fsp3) is 0.273. The Bertz CT molecular complexity index is 388. The Labute approximate surface area is 94.2 Å². The van der Waals surface area contributed by atoms with Crippen molar-refractivity contribution in [3.8, 4) is 0 Å². The third-order valence-electron chi connectivity index (χ3n) is 1.78. The van der Waals surface area contributed by atoms with Gasteiger partial charge in [0, 0.05) is 24.7 Å². The molecule has 0 aromatic carbocycles. The van der Waals surface area contributed by atoms with E-state index in [-0.39, 0.29) is 5.91 Å². The predicted molar refractivity (Wildman–Crippen MR) is 61.7 cm³/mol. The van der Waals surface area contributed by atoms with Gasteiger partial charge in [0.1, 0.15) is 5.15 Å². The summed E-state index contributed by atoms with van der Waals surface area (Å²) in [6.07, 6.45) is 3.67. The highest BCUT2D eigenvalue weighted by atomic mass is 35.5. The third-order valence-corrected chi connectivity index (χ3v) is 2.09. The van der Waals surface area contributed by atoms with Crippen LogP contribution in [0.15, 0.2) is 18.2 Å². The average Bonchev–Trinajstić information content (AvgIpc) is 2.14. The van der Waals surface area contributed by atoms with Crippen LogP contribution in [-0.2, 0) is 4.79 Å². The highest BCUT2D eigenvalue weighted by molar-refractivity contribution is 6.30. The maximum absolute atomic E-state index is 10.6. The minimum Gasteiger partial charge on any atom is -0.353 e. The summed E-state index contributed by atoms with van der Waals surface area (Å²) >= 11 is 5.92. The van der Waals surface area contributed by atoms with Crippen LogP contribution in [-0.4, -0.2) is 17.4 Å². The van der Waals surface area contributed by atoms with Crippen molar-refractivity contribution >= 4 is 23.6 Å². The second-order valence-electron chi connectivity index (χ2n) is 3.17. The summed E-state index contributed by atoms with van der Waals surface area (Å²) < 4.78 is 0. The van der Waals surface area contributed by atoms with Gasteiger partial charge in [-0.1, -0.05) is 29.8 Å². The lowest BCUT2D eigenvalue weighted by Crippen LogP contribution is -2.19. The van der Waals surface area contributed by atoms with E-state index < -0.39 is 0 Å². The first-order chi connectivity index (χ1) is 7.09. The molecule has 0 saturated carbocycles. The fourth-order valence-corrected chi connectivity index (χ4v) is 1.31. The second kappa shape index (κ2) is 5.51. The topological polar surface area (TPSA) is 42.0 Å². The Morgan fingerprint density at radius 2 is 2.33 bits per heavy atom. The molecule has 0 aliphatic rings. The van der Waals surface area contributed by atoms with E-state index in [2.05, 4.69) is 10.3 Å². The summed E-state index contributed by atoms with van der Waals surface area (Å²) in [5.41, 5.74) is 1.74. The first kappa shape index (κ1) is 11.7. The molecule has 1 aromatic rings. The zero-order chi connectivity index (χ0) is 11.3. The zero-order valence-electron chi connectivity index (χ0n) is 8.75. The molecule has 0 saturated heterocycles. The minimum atomic E-state index is -0.0484. The summed E-state index contributed by atoms with van der Waals surface area (Å²) in [4.78, 5) is 14.7. The van der Waals surface area contributed by atoms with Crippen LogP contribution >= 0.6 is 11.6 Å². The van der Waals surface area contributed by atoms with Crippen molar-refractivity contribution in [1.29, 1.82) is 0 Å². The Kier molecular flexibility index (Phi) is 4.31. The molecule has 0 aliphatic heterocycles. The van der Waals surface area contributed by atoms with Crippen LogP contribution in [0, 0.1) is 6.92 Å². The van der Waals surface area contributed by atoms with E-state index in [9.17, 15) is 4.79 Å². The molecule has 0 aliphatic carbocycles. The van der Waals surface area contributed by atoms with Crippen molar-refractivity contribution in [3.05, 3.63) is 34.6 Å². The quantitative estimate of drug-likeness (QED) is 0.800. The molecule has 1 N–H and O–H groups in total. The van der Waals surface area contributed by atoms with Crippen molar-refractivity contribution in [2.75, 3.05) is 6.54 Å². The van der Waals surface area contributed by atoms with Gasteiger partial charge < -0.3 is 5.32 Å². The van der Waals surface area contributed by atoms with Crippen molar-refractivity contribution < 1.29 is 4.79 Å². The summed E-state index contributed by atoms with van der Waals surface area (Å²) in [6, 6.07) is 3.79. The number of hydrogen-bond acceptors (Lipinski definition) is 2. The molecule has 0 unspecified atom stereocenters. The first-order valence-corrected chi connectivity index (χ1v) is 5.01. The molecule has 1 rings (SSSR count). The lowest BCUT2D eigenvalue weighted by molar-refractivity contribution is -0.118. The molecule has 4 heteroatoms. The second-order valence-corrected chi connectivity index (χ2v) is 3.53. The molecule has 1 heterocycles. The molecule has 0 spiro atoms. The van der Waals surface area contributed by atoms with E-state index in [1.165, 1.54) is 6.92 Å². The minimum absolute atomic E-state index is 0.0484. The summed E-state index contributed by atoms with van der Waals surface area (Å²) in [5.74, 6) is -0.0484. The lowest BCUT2D eigenvalue weighted by Gasteiger charge is -1.99. The van der Waals surface area contributed by atoms with Crippen LogP contribution in [0.25, 0.3) is 6.08 Å². The van der Waals surface area contributed by atoms with Gasteiger partial charge in [-0.05, 0) is 13.0 Å². The number of pyridine rings is 1. The number of carbonyl (C=O) groups excluding carboxylic acids is 1. The number of nitrogens with zero attached hydrogens (tertiary/aromatic N) is 1. The number of carbonyl (C=O) groups is 1. The van der Waals surface area contributed by atoms with Crippen LogP contribution in [0.4, 0.5) is 0 Å². The van der Waals surface area contributed by atoms with Gasteiger partial charge in [-0.25, -0.2) is 4.98 Å². The van der Waals surface area contributed by atoms with E-state index in [4.69, 9.17) is 11.6 Å². The van der Waals surface area contributed by atoms with Gasteiger partial charge >= 0.3 is 0 Å². The van der Waals surface area contributed by atoms with E-state index in [1.54, 1.807) is 0 Å². The van der Waals surface area contributed by atoms with E-state index in [1.807, 2.05) is 31.2 Å². The van der Waals surface area contributed by atoms with Gasteiger partial charge in [0.25, 0.3) is 0 Å². The molecule has 0 fully saturated rings. The van der Waals surface area contributed by atoms with E-state index in [0.717, 1.165) is 11.3 Å². The molecule has 3 nitrogen and oxygen atoms in total. The van der Waals surface area contributed by atoms with Crippen LogP contribution in [0.1, 0.15) is 18.2 Å². The summed E-state index contributed by atoms with van der Waals surface area (Å²) in [7, 11) is 0. The number of aromatic nitrogens is 1. The molecule has 0 bridgehead atoms. The van der Waals surface area contributed by atoms with Gasteiger partial charge in [-0.2, -0.15) is 0 Å². The Morgan fingerprint density at radius 1 is 1.60 bits per heavy atom. The maximum atomic E-state index is 10.6. The highest BCUT2D eigenvalue weighted by Crippen LogP contribution is 2.14. The van der Waals surface area contributed by atoms with Crippen molar-refractivity contribution in [3.63, 3.8) is 0 Å². The maximum Gasteiger partial charge on any atom is 0.217 e. The molecule has 80 valence electrons. The molecule has 15 heavy (non-hydrogen) atoms. The molecular formula is C11H13ClN2O. The summed E-state index contributed by atoms with van der Waals surface area (Å²) in [6.45, 7) is 3.87. The number of amides is 1. The first-order valence-electron chi connectivity index (χ1n) is 4.63. The summed E-state index contributed by atoms with van der Waals surface area (Å²) in [5, 5.41) is 3.14. The number of rotatable bonds is 3. The van der Waals surface area contributed by atoms with Crippen molar-refractivity contribution in [2.24, 2.45) is 0 Å². The van der Waals surface area contributed by atoms with Gasteiger partial charge in [-0.15, -0.1) is 0 Å². The number of hydrogen-bond donors (Lipinski definition) is 1. The van der Waals surface area contributed by atoms with Crippen LogP contribution in [0.3, 0.4) is 0 Å². The molecule has 1 aromatic heterocycles. The highest BCUT2D eigenvalue weighted by Gasteiger charge is 1.97. The van der Waals surface area contributed by atoms with Crippen molar-refractivity contribution in [1.82, 2.24) is 10.3 Å². The van der Waals surface area contributed by atoms with Crippen molar-refractivity contribution in [2.45, 2.75) is 13.8 Å². The molecule has 0 atom stereocenters. The monoisotopic (exact) mass is 224 g/mol. The normalized spacial score (nSPS) is 10.6. The van der Waals surface area contributed by atoms with Gasteiger partial charge in [0.2, 0.25) is 5.91 Å². The number of aryl methyl sites for hydroxylation is 1. The van der Waals surface area contributed by atoms with E-state index in [0.29, 0.717) is 11.7 Å². The zero-order valence-corrected chi connectivity index (χ0v) is 9.51. The van der Waals surface area contributed by atoms with Crippen LogP contribution in [0.2, 0.25) is 5.15 Å². The van der Waals surface area contributed by atoms with Crippen LogP contribution < -0.4 is 5.32 Å². The Hall–Kier alpha value is -1.35. The van der Waals surface area contributed by atoms with Gasteiger partial charge in [-0.3, -0.25) is 4.79 Å². The third kappa shape index (κ3) is 4.13. The smallest absolute Gasteiger partial charge is 0.217 e. The molecule has 0 radical (unpaired) electrons. The standard InChI is InChI=1S/C11H13ClN2O/c1-8-5-6-10(11(12)14-8)4-3-7-13-9(2)15/h3-6H,7H2,1-2H3,(H,13,15). The number of nitrogens with one attached hydrogen (secondary N) is 1. The Morgan fingerprint density at radius 3 is 2.93 bits per heavy atom. The fourth-order valence-electron chi connectivity index (χ4n) is 1.05. The largest absolute Gasteiger partial charge is 0.353 e. The van der Waals surface area contributed by atoms with E-state index >= 15 is 0 Å².